The van der Waals surface area contributed by atoms with Gasteiger partial charge in [-0.15, -0.1) is 0 Å². The Balaban J connectivity index is 2.50. The highest BCUT2D eigenvalue weighted by atomic mass is 28.4. The van der Waals surface area contributed by atoms with Crippen molar-refractivity contribution < 1.29 is 23.5 Å². The fraction of sp³-hybridized carbons (Fsp3) is 0.688. The Morgan fingerprint density at radius 1 is 0.897 bits per heavy atom. The van der Waals surface area contributed by atoms with Crippen LogP contribution in [0.3, 0.4) is 0 Å². The molecule has 0 aliphatic heterocycles. The monoisotopic (exact) mass is 561 g/mol. The lowest BCUT2D eigenvalue weighted by atomic mass is 9.95. The first-order valence-electron chi connectivity index (χ1n) is 14.4. The SMILES string of the molecule is CC(C)(C)OC(=O)N(CCO[Si](C)(C)C(C)(C)C)C(C)(C)CCC/C=C\CCCC(=O)OCc1ccccc1. The molecule has 7 heteroatoms. The van der Waals surface area contributed by atoms with Crippen molar-refractivity contribution in [3.8, 4) is 0 Å². The molecule has 0 radical (unpaired) electrons. The summed E-state index contributed by atoms with van der Waals surface area (Å²) in [6, 6.07) is 9.73. The minimum atomic E-state index is -1.90. The first-order valence-corrected chi connectivity index (χ1v) is 17.3. The molecule has 0 spiro atoms. The lowest BCUT2D eigenvalue weighted by molar-refractivity contribution is -0.145. The maximum atomic E-state index is 13.2. The number of rotatable bonds is 15. The van der Waals surface area contributed by atoms with E-state index in [-0.39, 0.29) is 22.6 Å². The maximum absolute atomic E-state index is 13.2. The van der Waals surface area contributed by atoms with Crippen LogP contribution in [0.15, 0.2) is 42.5 Å². The molecular formula is C32H55NO5Si. The van der Waals surface area contributed by atoms with Gasteiger partial charge in [-0.3, -0.25) is 4.79 Å². The zero-order valence-electron chi connectivity index (χ0n) is 26.4. The van der Waals surface area contributed by atoms with Crippen LogP contribution in [0.5, 0.6) is 0 Å². The molecule has 0 fully saturated rings. The van der Waals surface area contributed by atoms with Gasteiger partial charge in [-0.1, -0.05) is 63.3 Å². The maximum Gasteiger partial charge on any atom is 0.410 e. The van der Waals surface area contributed by atoms with Crippen LogP contribution in [0, 0.1) is 0 Å². The van der Waals surface area contributed by atoms with E-state index in [9.17, 15) is 9.59 Å². The van der Waals surface area contributed by atoms with Gasteiger partial charge in [0.05, 0.1) is 6.61 Å². The number of amides is 1. The number of unbranched alkanes of at least 4 members (excludes halogenated alkanes) is 2. The predicted molar refractivity (Wildman–Crippen MR) is 163 cm³/mol. The van der Waals surface area contributed by atoms with Crippen molar-refractivity contribution >= 4 is 20.4 Å². The molecule has 0 atom stereocenters. The summed E-state index contributed by atoms with van der Waals surface area (Å²) in [7, 11) is -1.90. The summed E-state index contributed by atoms with van der Waals surface area (Å²) in [6.07, 6.45) is 8.78. The van der Waals surface area contributed by atoms with Gasteiger partial charge in [-0.25, -0.2) is 4.79 Å². The Morgan fingerprint density at radius 3 is 2.05 bits per heavy atom. The van der Waals surface area contributed by atoms with Crippen molar-refractivity contribution in [3.63, 3.8) is 0 Å². The number of carbonyl (C=O) groups is 2. The van der Waals surface area contributed by atoms with E-state index < -0.39 is 13.9 Å². The highest BCUT2D eigenvalue weighted by Crippen LogP contribution is 2.36. The fourth-order valence-electron chi connectivity index (χ4n) is 3.76. The Labute approximate surface area is 239 Å². The van der Waals surface area contributed by atoms with Crippen molar-refractivity contribution in [1.82, 2.24) is 4.90 Å². The Hall–Kier alpha value is -2.12. The second kappa shape index (κ2) is 15.6. The third kappa shape index (κ3) is 14.2. The molecule has 0 heterocycles. The summed E-state index contributed by atoms with van der Waals surface area (Å²) in [6.45, 7) is 22.4. The highest BCUT2D eigenvalue weighted by molar-refractivity contribution is 6.74. The highest BCUT2D eigenvalue weighted by Gasteiger charge is 2.38. The quantitative estimate of drug-likeness (QED) is 0.0927. The number of esters is 1. The first kappa shape index (κ1) is 34.9. The number of allylic oxidation sites excluding steroid dienone is 2. The molecule has 39 heavy (non-hydrogen) atoms. The normalized spacial score (nSPS) is 13.0. The smallest absolute Gasteiger partial charge is 0.410 e. The van der Waals surface area contributed by atoms with E-state index in [1.165, 1.54) is 0 Å². The van der Waals surface area contributed by atoms with Crippen molar-refractivity contribution in [2.75, 3.05) is 13.2 Å². The van der Waals surface area contributed by atoms with Gasteiger partial charge in [0.2, 0.25) is 0 Å². The average molecular weight is 562 g/mol. The molecule has 1 rings (SSSR count). The second-order valence-corrected chi connectivity index (χ2v) is 18.3. The van der Waals surface area contributed by atoms with E-state index in [2.05, 4.69) is 59.9 Å². The zero-order chi connectivity index (χ0) is 29.7. The number of benzene rings is 1. The molecule has 0 aromatic heterocycles. The third-order valence-corrected chi connectivity index (χ3v) is 11.8. The summed E-state index contributed by atoms with van der Waals surface area (Å²) in [4.78, 5) is 26.9. The zero-order valence-corrected chi connectivity index (χ0v) is 27.4. The minimum absolute atomic E-state index is 0.119. The molecule has 0 aliphatic carbocycles. The van der Waals surface area contributed by atoms with Gasteiger partial charge in [-0.2, -0.15) is 0 Å². The first-order chi connectivity index (χ1) is 17.9. The third-order valence-electron chi connectivity index (χ3n) is 7.25. The topological polar surface area (TPSA) is 65.1 Å². The minimum Gasteiger partial charge on any atom is -0.461 e. The molecule has 0 saturated heterocycles. The van der Waals surface area contributed by atoms with Crippen molar-refractivity contribution in [2.24, 2.45) is 0 Å². The van der Waals surface area contributed by atoms with Gasteiger partial charge in [0, 0.05) is 18.5 Å². The molecule has 0 unspecified atom stereocenters. The number of nitrogens with zero attached hydrogens (tertiary/aromatic N) is 1. The van der Waals surface area contributed by atoms with Crippen molar-refractivity contribution in [3.05, 3.63) is 48.0 Å². The molecule has 0 aliphatic rings. The van der Waals surface area contributed by atoms with E-state index in [0.717, 1.165) is 37.7 Å². The number of ether oxygens (including phenoxy) is 2. The van der Waals surface area contributed by atoms with Gasteiger partial charge >= 0.3 is 12.1 Å². The number of hydrogen-bond acceptors (Lipinski definition) is 5. The number of hydrogen-bond donors (Lipinski definition) is 0. The number of carbonyl (C=O) groups excluding carboxylic acids is 2. The van der Waals surface area contributed by atoms with E-state index in [0.29, 0.717) is 26.2 Å². The molecule has 1 amide bonds. The molecular weight excluding hydrogens is 506 g/mol. The van der Waals surface area contributed by atoms with Crippen LogP contribution < -0.4 is 0 Å². The van der Waals surface area contributed by atoms with E-state index in [1.54, 1.807) is 0 Å². The second-order valence-electron chi connectivity index (χ2n) is 13.5. The van der Waals surface area contributed by atoms with Gasteiger partial charge in [-0.05, 0) is 90.4 Å². The Kier molecular flexibility index (Phi) is 14.0. The summed E-state index contributed by atoms with van der Waals surface area (Å²) >= 11 is 0. The standard InChI is InChI=1S/C32H55NO5Si/c1-30(2,3)38-29(35)33(24-25-37-39(9,10)31(4,5)6)32(7,8)23-19-14-12-11-13-18-22-28(34)36-26-27-20-16-15-17-21-27/h11-12,15-17,20-21H,13-14,18-19,22-26H2,1-10H3/b12-11-. The van der Waals surface area contributed by atoms with Crippen LogP contribution in [-0.2, 0) is 25.3 Å². The Bertz CT molecular complexity index is 897. The molecule has 1 aromatic carbocycles. The van der Waals surface area contributed by atoms with Crippen molar-refractivity contribution in [1.29, 1.82) is 0 Å². The van der Waals surface area contributed by atoms with Crippen LogP contribution >= 0.6 is 0 Å². The van der Waals surface area contributed by atoms with Crippen LogP contribution in [0.2, 0.25) is 18.1 Å². The Morgan fingerprint density at radius 2 is 1.49 bits per heavy atom. The van der Waals surface area contributed by atoms with Crippen LogP contribution in [-0.4, -0.2) is 49.6 Å². The van der Waals surface area contributed by atoms with Gasteiger partial charge in [0.25, 0.3) is 0 Å². The lowest BCUT2D eigenvalue weighted by Crippen LogP contribution is -2.52. The van der Waals surface area contributed by atoms with Crippen molar-refractivity contribution in [2.45, 2.75) is 130 Å². The van der Waals surface area contributed by atoms with Gasteiger partial charge < -0.3 is 18.8 Å². The summed E-state index contributed by atoms with van der Waals surface area (Å²) in [5.41, 5.74) is 0.0831. The van der Waals surface area contributed by atoms with E-state index >= 15 is 0 Å². The molecule has 222 valence electrons. The summed E-state index contributed by atoms with van der Waals surface area (Å²) in [5.74, 6) is -0.159. The fourth-order valence-corrected chi connectivity index (χ4v) is 4.80. The predicted octanol–water partition coefficient (Wildman–Crippen LogP) is 8.66. The molecule has 1 aromatic rings. The van der Waals surface area contributed by atoms with Crippen LogP contribution in [0.1, 0.15) is 99.5 Å². The average Bonchev–Trinajstić information content (AvgIpc) is 2.80. The largest absolute Gasteiger partial charge is 0.461 e. The lowest BCUT2D eigenvalue weighted by Gasteiger charge is -2.41. The van der Waals surface area contributed by atoms with Crippen LogP contribution in [0.25, 0.3) is 0 Å². The van der Waals surface area contributed by atoms with Gasteiger partial charge in [0.15, 0.2) is 8.32 Å². The summed E-state index contributed by atoms with van der Waals surface area (Å²) < 4.78 is 17.5. The summed E-state index contributed by atoms with van der Waals surface area (Å²) in [5, 5.41) is 0.119. The van der Waals surface area contributed by atoms with Crippen LogP contribution in [0.4, 0.5) is 4.79 Å². The molecule has 0 saturated carbocycles. The van der Waals surface area contributed by atoms with Gasteiger partial charge in [0.1, 0.15) is 12.2 Å². The van der Waals surface area contributed by atoms with E-state index in [4.69, 9.17) is 13.9 Å². The molecule has 0 bridgehead atoms. The van der Waals surface area contributed by atoms with E-state index in [1.807, 2.05) is 56.0 Å². The molecule has 0 N–H and O–H groups in total. The molecule has 6 nitrogen and oxygen atoms in total.